The number of piperidine rings is 1. The van der Waals surface area contributed by atoms with Crippen LogP contribution in [0.4, 0.5) is 22.9 Å². The third kappa shape index (κ3) is 4.48. The number of rotatable bonds is 4. The van der Waals surface area contributed by atoms with Crippen molar-refractivity contribution in [3.8, 4) is 0 Å². The van der Waals surface area contributed by atoms with Gasteiger partial charge in [-0.3, -0.25) is 4.79 Å². The minimum absolute atomic E-state index is 0.0206. The van der Waals surface area contributed by atoms with Crippen LogP contribution in [0, 0.1) is 12.8 Å². The fraction of sp³-hybridized carbons (Fsp3) is 0.586. The van der Waals surface area contributed by atoms with Gasteiger partial charge < -0.3 is 24.6 Å². The standard InChI is InChI=1S/C29H38N4O3/c1-18(2)36-23-9-6-20(7-10-23)29(34)33-15-21-5-4-12-30-28(21)31-25-13-19(3)26(14-27(25)33)32-16-24-11-8-22(32)17-35-24/h4-5,12-14,18,20,22-24H,6-11,15-17H2,1-3H3,(H,30,31)/t20-,22-,23-,24-/m1/s1. The molecule has 2 aromatic rings. The van der Waals surface area contributed by atoms with Crippen LogP contribution in [-0.4, -0.2) is 48.4 Å². The van der Waals surface area contributed by atoms with E-state index < -0.39 is 0 Å². The van der Waals surface area contributed by atoms with Crippen LogP contribution in [0.15, 0.2) is 30.5 Å². The van der Waals surface area contributed by atoms with E-state index in [0.29, 0.717) is 18.7 Å². The maximum absolute atomic E-state index is 14.1. The van der Waals surface area contributed by atoms with Gasteiger partial charge in [-0.25, -0.2) is 4.98 Å². The molecule has 1 N–H and O–H groups in total. The number of morpholine rings is 1. The predicted molar refractivity (Wildman–Crippen MR) is 142 cm³/mol. The molecule has 7 rings (SSSR count). The number of anilines is 4. The number of nitrogens with one attached hydrogen (secondary N) is 1. The van der Waals surface area contributed by atoms with Crippen LogP contribution < -0.4 is 15.1 Å². The van der Waals surface area contributed by atoms with Crippen molar-refractivity contribution in [1.29, 1.82) is 0 Å². The number of carbonyl (C=O) groups excluding carboxylic acids is 1. The first-order valence-corrected chi connectivity index (χ1v) is 13.7. The van der Waals surface area contributed by atoms with Gasteiger partial charge in [0.25, 0.3) is 0 Å². The lowest BCUT2D eigenvalue weighted by molar-refractivity contribution is -0.124. The Hall–Kier alpha value is -2.64. The van der Waals surface area contributed by atoms with Gasteiger partial charge in [0.05, 0.1) is 48.9 Å². The summed E-state index contributed by atoms with van der Waals surface area (Å²) in [6, 6.07) is 8.88. The van der Waals surface area contributed by atoms with Crippen LogP contribution in [0.25, 0.3) is 0 Å². The number of benzene rings is 1. The Bertz CT molecular complexity index is 1120. The van der Waals surface area contributed by atoms with E-state index >= 15 is 0 Å². The number of nitrogens with zero attached hydrogens (tertiary/aromatic N) is 3. The summed E-state index contributed by atoms with van der Waals surface area (Å²) in [5.41, 5.74) is 5.40. The average Bonchev–Trinajstić information content (AvgIpc) is 3.05. The predicted octanol–water partition coefficient (Wildman–Crippen LogP) is 5.33. The highest BCUT2D eigenvalue weighted by atomic mass is 16.5. The zero-order valence-electron chi connectivity index (χ0n) is 21.7. The fourth-order valence-electron chi connectivity index (χ4n) is 6.47. The molecule has 1 amide bonds. The van der Waals surface area contributed by atoms with E-state index in [4.69, 9.17) is 9.47 Å². The second-order valence-corrected chi connectivity index (χ2v) is 11.2. The molecule has 0 radical (unpaired) electrons. The lowest BCUT2D eigenvalue weighted by Gasteiger charge is -2.47. The molecule has 0 spiro atoms. The molecule has 192 valence electrons. The Morgan fingerprint density at radius 3 is 2.67 bits per heavy atom. The summed E-state index contributed by atoms with van der Waals surface area (Å²) in [5.74, 6) is 1.07. The zero-order valence-corrected chi connectivity index (χ0v) is 21.7. The van der Waals surface area contributed by atoms with Gasteiger partial charge in [-0.1, -0.05) is 6.07 Å². The van der Waals surface area contributed by atoms with Gasteiger partial charge in [0.1, 0.15) is 5.82 Å². The maximum Gasteiger partial charge on any atom is 0.230 e. The Labute approximate surface area is 214 Å². The molecule has 1 aromatic carbocycles. The molecule has 1 saturated carbocycles. The van der Waals surface area contributed by atoms with E-state index in [-0.39, 0.29) is 24.0 Å². The molecule has 1 aromatic heterocycles. The molecule has 2 atom stereocenters. The number of aromatic nitrogens is 1. The number of pyridine rings is 1. The Balaban J connectivity index is 1.33. The number of aryl methyl sites for hydroxylation is 1. The van der Waals surface area contributed by atoms with Crippen molar-refractivity contribution in [3.63, 3.8) is 0 Å². The molecule has 0 unspecified atom stereocenters. The zero-order chi connectivity index (χ0) is 24.8. The van der Waals surface area contributed by atoms with Gasteiger partial charge in [0.2, 0.25) is 5.91 Å². The van der Waals surface area contributed by atoms with Crippen molar-refractivity contribution in [1.82, 2.24) is 4.98 Å². The van der Waals surface area contributed by atoms with E-state index in [0.717, 1.165) is 68.0 Å². The van der Waals surface area contributed by atoms with Crippen molar-refractivity contribution >= 4 is 28.8 Å². The third-order valence-electron chi connectivity index (χ3n) is 8.33. The number of carbonyl (C=O) groups is 1. The SMILES string of the molecule is Cc1cc2c(cc1N1C[C@H]3CC[C@@H]1CO3)N(C(=O)[C@H]1CC[C@H](OC(C)C)CC1)Cc1cccnc1N2. The molecule has 5 aliphatic rings. The van der Waals surface area contributed by atoms with E-state index in [1.807, 2.05) is 17.2 Å². The molecule has 5 heterocycles. The quantitative estimate of drug-likeness (QED) is 0.625. The molecule has 7 nitrogen and oxygen atoms in total. The summed E-state index contributed by atoms with van der Waals surface area (Å²) in [4.78, 5) is 23.2. The Kier molecular flexibility index (Phi) is 6.38. The summed E-state index contributed by atoms with van der Waals surface area (Å²) in [7, 11) is 0. The second-order valence-electron chi connectivity index (χ2n) is 11.2. The summed E-state index contributed by atoms with van der Waals surface area (Å²) in [6.07, 6.45) is 8.56. The fourth-order valence-corrected chi connectivity index (χ4v) is 6.47. The van der Waals surface area contributed by atoms with Crippen LogP contribution >= 0.6 is 0 Å². The van der Waals surface area contributed by atoms with Crippen molar-refractivity contribution in [3.05, 3.63) is 41.6 Å². The Morgan fingerprint density at radius 1 is 1.14 bits per heavy atom. The molecule has 1 aliphatic carbocycles. The highest BCUT2D eigenvalue weighted by Crippen LogP contribution is 2.43. The lowest BCUT2D eigenvalue weighted by Crippen LogP contribution is -2.54. The molecule has 36 heavy (non-hydrogen) atoms. The van der Waals surface area contributed by atoms with Crippen LogP contribution in [0.1, 0.15) is 63.5 Å². The normalized spacial score (nSPS) is 27.3. The summed E-state index contributed by atoms with van der Waals surface area (Å²) >= 11 is 0. The number of hydrogen-bond acceptors (Lipinski definition) is 6. The van der Waals surface area contributed by atoms with Crippen LogP contribution in [0.2, 0.25) is 0 Å². The van der Waals surface area contributed by atoms with Gasteiger partial charge in [0.15, 0.2) is 0 Å². The monoisotopic (exact) mass is 490 g/mol. The van der Waals surface area contributed by atoms with Crippen LogP contribution in [0.5, 0.6) is 0 Å². The van der Waals surface area contributed by atoms with E-state index in [2.05, 4.69) is 54.2 Å². The number of amides is 1. The first-order chi connectivity index (χ1) is 17.5. The van der Waals surface area contributed by atoms with Crippen molar-refractivity contribution in [2.45, 2.75) is 90.2 Å². The molecule has 4 aliphatic heterocycles. The summed E-state index contributed by atoms with van der Waals surface area (Å²) in [5, 5.41) is 3.56. The van der Waals surface area contributed by atoms with Crippen molar-refractivity contribution in [2.24, 2.45) is 5.92 Å². The van der Waals surface area contributed by atoms with Crippen LogP contribution in [-0.2, 0) is 20.8 Å². The molecule has 3 saturated heterocycles. The van der Waals surface area contributed by atoms with Crippen molar-refractivity contribution < 1.29 is 14.3 Å². The third-order valence-corrected chi connectivity index (χ3v) is 8.33. The number of fused-ring (bicyclic) bond motifs is 5. The highest BCUT2D eigenvalue weighted by molar-refractivity contribution is 6.00. The first kappa shape index (κ1) is 23.7. The topological polar surface area (TPSA) is 66.9 Å². The Morgan fingerprint density at radius 2 is 1.97 bits per heavy atom. The van der Waals surface area contributed by atoms with E-state index in [1.165, 1.54) is 17.7 Å². The van der Waals surface area contributed by atoms with Gasteiger partial charge in [-0.2, -0.15) is 0 Å². The van der Waals surface area contributed by atoms with Crippen LogP contribution in [0.3, 0.4) is 0 Å². The van der Waals surface area contributed by atoms with E-state index in [9.17, 15) is 4.79 Å². The lowest BCUT2D eigenvalue weighted by atomic mass is 9.86. The first-order valence-electron chi connectivity index (χ1n) is 13.7. The molecular formula is C29H38N4O3. The van der Waals surface area contributed by atoms with Gasteiger partial charge >= 0.3 is 0 Å². The van der Waals surface area contributed by atoms with Gasteiger partial charge in [-0.15, -0.1) is 0 Å². The maximum atomic E-state index is 14.1. The van der Waals surface area contributed by atoms with E-state index in [1.54, 1.807) is 0 Å². The minimum atomic E-state index is 0.0206. The number of hydrogen-bond donors (Lipinski definition) is 1. The van der Waals surface area contributed by atoms with Gasteiger partial charge in [-0.05, 0) is 83.1 Å². The molecule has 4 fully saturated rings. The summed E-state index contributed by atoms with van der Waals surface area (Å²) in [6.45, 7) is 8.59. The second kappa shape index (κ2) is 9.67. The minimum Gasteiger partial charge on any atom is -0.376 e. The van der Waals surface area contributed by atoms with Crippen molar-refractivity contribution in [2.75, 3.05) is 28.3 Å². The molecule has 2 bridgehead atoms. The average molecular weight is 491 g/mol. The molecular weight excluding hydrogens is 452 g/mol. The highest BCUT2D eigenvalue weighted by Gasteiger charge is 2.37. The van der Waals surface area contributed by atoms with Gasteiger partial charge in [0, 0.05) is 29.9 Å². The smallest absolute Gasteiger partial charge is 0.230 e. The largest absolute Gasteiger partial charge is 0.376 e. The molecule has 7 heteroatoms. The number of ether oxygens (including phenoxy) is 2. The summed E-state index contributed by atoms with van der Waals surface area (Å²) < 4.78 is 12.0.